The Morgan fingerprint density at radius 3 is 2.29 bits per heavy atom. The molecule has 0 unspecified atom stereocenters. The van der Waals surface area contributed by atoms with Crippen LogP contribution in [0.25, 0.3) is 0 Å². The third-order valence-corrected chi connectivity index (χ3v) is 5.01. The van der Waals surface area contributed by atoms with Crippen LogP contribution in [0.1, 0.15) is 18.4 Å². The monoisotopic (exact) mass is 334 g/mol. The summed E-state index contributed by atoms with van der Waals surface area (Å²) in [6.45, 7) is 0. The molecule has 3 heteroatoms. The van der Waals surface area contributed by atoms with Crippen molar-refractivity contribution in [1.82, 2.24) is 0 Å². The quantitative estimate of drug-likeness (QED) is 0.713. The molecule has 0 radical (unpaired) electrons. The van der Waals surface area contributed by atoms with E-state index >= 15 is 0 Å². The Hall–Kier alpha value is 0.210. The molecule has 0 atom stereocenters. The van der Waals surface area contributed by atoms with Crippen molar-refractivity contribution in [2.45, 2.75) is 18.3 Å². The SMILES string of the molecule is Clc1ccc(C2(C(Br)=CBr)CC2)cc1. The molecule has 0 amide bonds. The third kappa shape index (κ3) is 1.80. The standard InChI is InChI=1S/C11H9Br2Cl/c12-7-10(13)11(5-6-11)8-1-3-9(14)4-2-8/h1-4,7H,5-6H2. The summed E-state index contributed by atoms with van der Waals surface area (Å²) in [6.07, 6.45) is 2.41. The van der Waals surface area contributed by atoms with Gasteiger partial charge in [-0.1, -0.05) is 55.6 Å². The van der Waals surface area contributed by atoms with Gasteiger partial charge < -0.3 is 0 Å². The minimum absolute atomic E-state index is 0.216. The van der Waals surface area contributed by atoms with Crippen molar-refractivity contribution in [2.24, 2.45) is 0 Å². The van der Waals surface area contributed by atoms with Crippen LogP contribution in [-0.4, -0.2) is 0 Å². The lowest BCUT2D eigenvalue weighted by Crippen LogP contribution is -2.05. The summed E-state index contributed by atoms with van der Waals surface area (Å²) in [5, 5.41) is 0.795. The molecule has 0 heterocycles. The van der Waals surface area contributed by atoms with Crippen LogP contribution in [0.3, 0.4) is 0 Å². The van der Waals surface area contributed by atoms with Gasteiger partial charge in [-0.3, -0.25) is 0 Å². The molecule has 0 aromatic heterocycles. The maximum Gasteiger partial charge on any atom is 0.0406 e. The summed E-state index contributed by atoms with van der Waals surface area (Å²) < 4.78 is 1.22. The van der Waals surface area contributed by atoms with E-state index in [1.807, 2.05) is 17.1 Å². The molecule has 0 saturated heterocycles. The van der Waals surface area contributed by atoms with Gasteiger partial charge in [0.25, 0.3) is 0 Å². The molecule has 0 spiro atoms. The summed E-state index contributed by atoms with van der Waals surface area (Å²) in [7, 11) is 0. The maximum atomic E-state index is 5.86. The fraction of sp³-hybridized carbons (Fsp3) is 0.273. The van der Waals surface area contributed by atoms with Crippen LogP contribution in [0.4, 0.5) is 0 Å². The lowest BCUT2D eigenvalue weighted by Gasteiger charge is -2.14. The highest BCUT2D eigenvalue weighted by Gasteiger charge is 2.46. The van der Waals surface area contributed by atoms with Gasteiger partial charge in [0.05, 0.1) is 0 Å². The van der Waals surface area contributed by atoms with E-state index in [0.717, 1.165) is 5.02 Å². The first-order valence-electron chi connectivity index (χ1n) is 4.41. The summed E-state index contributed by atoms with van der Waals surface area (Å²) in [4.78, 5) is 1.95. The summed E-state index contributed by atoms with van der Waals surface area (Å²) in [5.74, 6) is 0. The zero-order valence-electron chi connectivity index (χ0n) is 7.43. The van der Waals surface area contributed by atoms with Gasteiger partial charge in [-0.15, -0.1) is 0 Å². The van der Waals surface area contributed by atoms with Crippen LogP contribution in [0.15, 0.2) is 33.7 Å². The molecule has 1 fully saturated rings. The molecule has 0 aliphatic heterocycles. The number of rotatable bonds is 2. The zero-order valence-corrected chi connectivity index (χ0v) is 11.4. The van der Waals surface area contributed by atoms with Crippen molar-refractivity contribution in [3.8, 4) is 0 Å². The van der Waals surface area contributed by atoms with Crippen LogP contribution < -0.4 is 0 Å². The van der Waals surface area contributed by atoms with E-state index in [4.69, 9.17) is 11.6 Å². The first-order valence-corrected chi connectivity index (χ1v) is 6.50. The first-order chi connectivity index (χ1) is 6.69. The van der Waals surface area contributed by atoms with Gasteiger partial charge in [0.15, 0.2) is 0 Å². The van der Waals surface area contributed by atoms with E-state index in [1.54, 1.807) is 0 Å². The molecule has 0 nitrogen and oxygen atoms in total. The predicted molar refractivity (Wildman–Crippen MR) is 68.3 cm³/mol. The minimum Gasteiger partial charge on any atom is -0.0843 e. The number of allylic oxidation sites excluding steroid dienone is 1. The summed E-state index contributed by atoms with van der Waals surface area (Å²) >= 11 is 12.8. The number of hydrogen-bond acceptors (Lipinski definition) is 0. The molecule has 1 aromatic carbocycles. The Balaban J connectivity index is 2.36. The topological polar surface area (TPSA) is 0 Å². The minimum atomic E-state index is 0.216. The molecule has 74 valence electrons. The fourth-order valence-corrected chi connectivity index (χ4v) is 2.85. The van der Waals surface area contributed by atoms with Crippen LogP contribution in [0, 0.1) is 0 Å². The second-order valence-corrected chi connectivity index (χ2v) is 5.29. The largest absolute Gasteiger partial charge is 0.0843 e. The van der Waals surface area contributed by atoms with Gasteiger partial charge in [0.2, 0.25) is 0 Å². The van der Waals surface area contributed by atoms with Crippen LogP contribution in [0.2, 0.25) is 5.02 Å². The molecule has 14 heavy (non-hydrogen) atoms. The smallest absolute Gasteiger partial charge is 0.0406 e. The average molecular weight is 336 g/mol. The van der Waals surface area contributed by atoms with Crippen molar-refractivity contribution in [3.05, 3.63) is 44.3 Å². The second-order valence-electron chi connectivity index (χ2n) is 3.55. The molecule has 1 saturated carbocycles. The van der Waals surface area contributed by atoms with Gasteiger partial charge in [0.1, 0.15) is 0 Å². The van der Waals surface area contributed by atoms with Crippen LogP contribution in [0.5, 0.6) is 0 Å². The van der Waals surface area contributed by atoms with E-state index < -0.39 is 0 Å². The van der Waals surface area contributed by atoms with E-state index in [1.165, 1.54) is 22.9 Å². The molecule has 2 rings (SSSR count). The lowest BCUT2D eigenvalue weighted by molar-refractivity contribution is 0.882. The second kappa shape index (κ2) is 3.99. The zero-order chi connectivity index (χ0) is 10.2. The Morgan fingerprint density at radius 2 is 1.86 bits per heavy atom. The molecule has 0 N–H and O–H groups in total. The highest BCUT2D eigenvalue weighted by Crippen LogP contribution is 2.56. The maximum absolute atomic E-state index is 5.86. The lowest BCUT2D eigenvalue weighted by atomic mass is 9.96. The van der Waals surface area contributed by atoms with E-state index in [0.29, 0.717) is 0 Å². The first kappa shape index (κ1) is 10.7. The number of benzene rings is 1. The van der Waals surface area contributed by atoms with E-state index in [9.17, 15) is 0 Å². The Bertz CT molecular complexity index is 363. The molecule has 0 bridgehead atoms. The van der Waals surface area contributed by atoms with Crippen molar-refractivity contribution >= 4 is 43.5 Å². The summed E-state index contributed by atoms with van der Waals surface area (Å²) in [6, 6.07) is 8.11. The molecule has 1 aliphatic rings. The molecule has 1 aromatic rings. The van der Waals surface area contributed by atoms with Gasteiger partial charge >= 0.3 is 0 Å². The van der Waals surface area contributed by atoms with Crippen molar-refractivity contribution in [2.75, 3.05) is 0 Å². The van der Waals surface area contributed by atoms with Crippen molar-refractivity contribution in [3.63, 3.8) is 0 Å². The highest BCUT2D eigenvalue weighted by atomic mass is 79.9. The third-order valence-electron chi connectivity index (χ3n) is 2.70. The summed E-state index contributed by atoms with van der Waals surface area (Å²) in [5.41, 5.74) is 1.55. The van der Waals surface area contributed by atoms with E-state index in [2.05, 4.69) is 44.0 Å². The van der Waals surface area contributed by atoms with Gasteiger partial charge in [0, 0.05) is 14.9 Å². The van der Waals surface area contributed by atoms with Gasteiger partial charge in [-0.2, -0.15) is 0 Å². The van der Waals surface area contributed by atoms with Crippen LogP contribution in [-0.2, 0) is 5.41 Å². The molecule has 1 aliphatic carbocycles. The number of halogens is 3. The van der Waals surface area contributed by atoms with Crippen molar-refractivity contribution < 1.29 is 0 Å². The highest BCUT2D eigenvalue weighted by molar-refractivity contribution is 9.14. The number of hydrogen-bond donors (Lipinski definition) is 0. The molecular weight excluding hydrogens is 327 g/mol. The molecular formula is C11H9Br2Cl. The van der Waals surface area contributed by atoms with E-state index in [-0.39, 0.29) is 5.41 Å². The Morgan fingerprint density at radius 1 is 1.29 bits per heavy atom. The van der Waals surface area contributed by atoms with Gasteiger partial charge in [-0.25, -0.2) is 0 Å². The Labute approximate surface area is 106 Å². The Kier molecular flexibility index (Phi) is 3.06. The normalized spacial score (nSPS) is 19.5. The fourth-order valence-electron chi connectivity index (χ4n) is 1.66. The van der Waals surface area contributed by atoms with Crippen LogP contribution >= 0.6 is 43.5 Å². The van der Waals surface area contributed by atoms with Crippen molar-refractivity contribution in [1.29, 1.82) is 0 Å². The average Bonchev–Trinajstić information content (AvgIpc) is 2.99. The van der Waals surface area contributed by atoms with Gasteiger partial charge in [-0.05, 0) is 35.5 Å². The predicted octanol–water partition coefficient (Wildman–Crippen LogP) is 5.00.